The predicted molar refractivity (Wildman–Crippen MR) is 111 cm³/mol. The van der Waals surface area contributed by atoms with E-state index in [1.54, 1.807) is 24.3 Å². The van der Waals surface area contributed by atoms with E-state index in [4.69, 9.17) is 9.15 Å². The van der Waals surface area contributed by atoms with Gasteiger partial charge in [0.1, 0.15) is 17.9 Å². The van der Waals surface area contributed by atoms with Gasteiger partial charge in [-0.1, -0.05) is 60.7 Å². The van der Waals surface area contributed by atoms with Crippen LogP contribution in [0.25, 0.3) is 11.0 Å². The highest BCUT2D eigenvalue weighted by atomic mass is 16.5. The molecule has 0 saturated heterocycles. The Morgan fingerprint density at radius 3 is 2.48 bits per heavy atom. The van der Waals surface area contributed by atoms with Gasteiger partial charge in [0.2, 0.25) is 0 Å². The van der Waals surface area contributed by atoms with Crippen LogP contribution in [0.4, 0.5) is 0 Å². The zero-order chi connectivity index (χ0) is 20.1. The molecule has 0 saturated carbocycles. The third kappa shape index (κ3) is 4.35. The molecule has 0 unspecified atom stereocenters. The van der Waals surface area contributed by atoms with Crippen molar-refractivity contribution in [3.8, 4) is 5.75 Å². The number of para-hydroxylation sites is 2. The van der Waals surface area contributed by atoms with Crippen molar-refractivity contribution in [2.75, 3.05) is 0 Å². The van der Waals surface area contributed by atoms with Crippen molar-refractivity contribution in [2.45, 2.75) is 13.2 Å². The number of fused-ring (bicyclic) bond motifs is 1. The van der Waals surface area contributed by atoms with Crippen LogP contribution in [0.2, 0.25) is 0 Å². The van der Waals surface area contributed by atoms with Crippen LogP contribution in [0.5, 0.6) is 5.75 Å². The minimum Gasteiger partial charge on any atom is -0.489 e. The van der Waals surface area contributed by atoms with Crippen molar-refractivity contribution >= 4 is 16.9 Å². The molecule has 0 spiro atoms. The molecule has 0 fully saturated rings. The van der Waals surface area contributed by atoms with Crippen LogP contribution < -0.4 is 15.5 Å². The van der Waals surface area contributed by atoms with Crippen molar-refractivity contribution < 1.29 is 13.9 Å². The van der Waals surface area contributed by atoms with Crippen molar-refractivity contribution in [2.24, 2.45) is 0 Å². The largest absolute Gasteiger partial charge is 0.489 e. The van der Waals surface area contributed by atoms with Gasteiger partial charge in [0.15, 0.2) is 11.2 Å². The van der Waals surface area contributed by atoms with Gasteiger partial charge < -0.3 is 14.5 Å². The van der Waals surface area contributed by atoms with Gasteiger partial charge in [-0.2, -0.15) is 0 Å². The maximum atomic E-state index is 12.5. The van der Waals surface area contributed by atoms with Gasteiger partial charge in [-0.05, 0) is 23.8 Å². The van der Waals surface area contributed by atoms with E-state index < -0.39 is 5.91 Å². The fourth-order valence-electron chi connectivity index (χ4n) is 3.00. The molecule has 0 radical (unpaired) electrons. The van der Waals surface area contributed by atoms with E-state index in [2.05, 4.69) is 5.32 Å². The van der Waals surface area contributed by atoms with Crippen LogP contribution >= 0.6 is 0 Å². The normalized spacial score (nSPS) is 10.6. The molecule has 0 bridgehead atoms. The summed E-state index contributed by atoms with van der Waals surface area (Å²) in [6.45, 7) is 0.686. The SMILES string of the molecule is O=C(NCc1ccccc1OCc1ccccc1)c1cc(=O)c2ccccc2o1. The summed E-state index contributed by atoms with van der Waals surface area (Å²) >= 11 is 0. The Labute approximate surface area is 167 Å². The fourth-order valence-corrected chi connectivity index (χ4v) is 3.00. The molecule has 0 atom stereocenters. The molecule has 0 aliphatic rings. The Bertz CT molecular complexity index is 1200. The number of ether oxygens (including phenoxy) is 1. The number of carbonyl (C=O) groups is 1. The first-order valence-corrected chi connectivity index (χ1v) is 9.26. The molecule has 144 valence electrons. The molecule has 29 heavy (non-hydrogen) atoms. The van der Waals surface area contributed by atoms with E-state index in [-0.39, 0.29) is 17.7 Å². The smallest absolute Gasteiger partial charge is 0.287 e. The maximum Gasteiger partial charge on any atom is 0.287 e. The molecule has 1 N–H and O–H groups in total. The molecular weight excluding hydrogens is 366 g/mol. The number of nitrogens with one attached hydrogen (secondary N) is 1. The lowest BCUT2D eigenvalue weighted by molar-refractivity contribution is 0.0923. The molecule has 0 aliphatic carbocycles. The van der Waals surface area contributed by atoms with Crippen LogP contribution in [0, 0.1) is 0 Å². The maximum absolute atomic E-state index is 12.5. The summed E-state index contributed by atoms with van der Waals surface area (Å²) < 4.78 is 11.5. The summed E-state index contributed by atoms with van der Waals surface area (Å²) in [6.07, 6.45) is 0. The molecule has 0 aliphatic heterocycles. The van der Waals surface area contributed by atoms with Gasteiger partial charge in [0.05, 0.1) is 5.39 Å². The number of benzene rings is 3. The molecule has 4 rings (SSSR count). The third-order valence-corrected chi connectivity index (χ3v) is 4.51. The van der Waals surface area contributed by atoms with Crippen molar-refractivity contribution in [1.29, 1.82) is 0 Å². The minimum absolute atomic E-state index is 0.0172. The Hall–Kier alpha value is -3.86. The molecule has 5 nitrogen and oxygen atoms in total. The number of hydrogen-bond donors (Lipinski definition) is 1. The lowest BCUT2D eigenvalue weighted by Crippen LogP contribution is -2.24. The summed E-state index contributed by atoms with van der Waals surface area (Å²) in [5, 5.41) is 3.24. The Balaban J connectivity index is 1.46. The van der Waals surface area contributed by atoms with E-state index in [0.717, 1.165) is 11.1 Å². The van der Waals surface area contributed by atoms with E-state index in [1.165, 1.54) is 6.07 Å². The Morgan fingerprint density at radius 2 is 1.62 bits per heavy atom. The van der Waals surface area contributed by atoms with Gasteiger partial charge in [-0.25, -0.2) is 0 Å². The second-order valence-electron chi connectivity index (χ2n) is 6.54. The molecule has 1 heterocycles. The van der Waals surface area contributed by atoms with Crippen LogP contribution in [0.15, 0.2) is 94.1 Å². The van der Waals surface area contributed by atoms with Crippen LogP contribution in [0.3, 0.4) is 0 Å². The molecule has 4 aromatic rings. The molecule has 3 aromatic carbocycles. The fraction of sp³-hybridized carbons (Fsp3) is 0.0833. The molecule has 1 amide bonds. The first kappa shape index (κ1) is 18.5. The summed E-state index contributed by atoms with van der Waals surface area (Å²) in [7, 11) is 0. The second kappa shape index (κ2) is 8.44. The van der Waals surface area contributed by atoms with Gasteiger partial charge >= 0.3 is 0 Å². The number of carbonyl (C=O) groups excluding carboxylic acids is 1. The Kier molecular flexibility index (Phi) is 5.38. The molecular formula is C24H19NO4. The monoisotopic (exact) mass is 385 g/mol. The van der Waals surface area contributed by atoms with E-state index in [1.807, 2.05) is 54.6 Å². The summed E-state index contributed by atoms with van der Waals surface area (Å²) in [6, 6.07) is 25.4. The quantitative estimate of drug-likeness (QED) is 0.537. The van der Waals surface area contributed by atoms with E-state index in [9.17, 15) is 9.59 Å². The van der Waals surface area contributed by atoms with E-state index >= 15 is 0 Å². The minimum atomic E-state index is -0.453. The first-order chi connectivity index (χ1) is 14.2. The third-order valence-electron chi connectivity index (χ3n) is 4.51. The van der Waals surface area contributed by atoms with Gasteiger partial charge in [-0.3, -0.25) is 9.59 Å². The molecule has 1 aromatic heterocycles. The lowest BCUT2D eigenvalue weighted by atomic mass is 10.2. The summed E-state index contributed by atoms with van der Waals surface area (Å²) in [4.78, 5) is 24.7. The van der Waals surface area contributed by atoms with Gasteiger partial charge in [0.25, 0.3) is 5.91 Å². The number of amides is 1. The average Bonchev–Trinajstić information content (AvgIpc) is 2.77. The predicted octanol–water partition coefficient (Wildman–Crippen LogP) is 4.30. The number of hydrogen-bond acceptors (Lipinski definition) is 4. The summed E-state index contributed by atoms with van der Waals surface area (Å²) in [5.74, 6) is 0.221. The van der Waals surface area contributed by atoms with Crippen LogP contribution in [0.1, 0.15) is 21.7 Å². The number of rotatable bonds is 6. The van der Waals surface area contributed by atoms with Gasteiger partial charge in [0, 0.05) is 18.2 Å². The highest BCUT2D eigenvalue weighted by molar-refractivity contribution is 5.93. The zero-order valence-corrected chi connectivity index (χ0v) is 15.6. The van der Waals surface area contributed by atoms with Crippen molar-refractivity contribution in [3.05, 3.63) is 112 Å². The van der Waals surface area contributed by atoms with Gasteiger partial charge in [-0.15, -0.1) is 0 Å². The van der Waals surface area contributed by atoms with Crippen LogP contribution in [-0.4, -0.2) is 5.91 Å². The standard InChI is InChI=1S/C24H19NO4/c26-20-14-23(29-22-13-7-5-11-19(20)22)24(27)25-15-18-10-4-6-12-21(18)28-16-17-8-2-1-3-9-17/h1-14H,15-16H2,(H,25,27). The molecule has 5 heteroatoms. The Morgan fingerprint density at radius 1 is 0.897 bits per heavy atom. The highest BCUT2D eigenvalue weighted by Gasteiger charge is 2.13. The van der Waals surface area contributed by atoms with Crippen molar-refractivity contribution in [1.82, 2.24) is 5.32 Å². The highest BCUT2D eigenvalue weighted by Crippen LogP contribution is 2.19. The lowest BCUT2D eigenvalue weighted by Gasteiger charge is -2.12. The average molecular weight is 385 g/mol. The van der Waals surface area contributed by atoms with Crippen LogP contribution in [-0.2, 0) is 13.2 Å². The first-order valence-electron chi connectivity index (χ1n) is 9.26. The second-order valence-corrected chi connectivity index (χ2v) is 6.54. The topological polar surface area (TPSA) is 68.5 Å². The van der Waals surface area contributed by atoms with E-state index in [0.29, 0.717) is 23.3 Å². The van der Waals surface area contributed by atoms with Crippen molar-refractivity contribution in [3.63, 3.8) is 0 Å². The zero-order valence-electron chi connectivity index (χ0n) is 15.6. The summed E-state index contributed by atoms with van der Waals surface area (Å²) in [5.41, 5.74) is 2.03.